The molecule has 0 fully saturated rings. The Bertz CT molecular complexity index is 597. The van der Waals surface area contributed by atoms with Crippen molar-refractivity contribution in [2.45, 2.75) is 12.5 Å². The normalized spacial score (nSPS) is 12.0. The van der Waals surface area contributed by atoms with E-state index in [0.29, 0.717) is 12.0 Å². The Labute approximate surface area is 140 Å². The first kappa shape index (κ1) is 16.2. The highest BCUT2D eigenvalue weighted by Crippen LogP contribution is 2.20. The van der Waals surface area contributed by atoms with Gasteiger partial charge in [0.1, 0.15) is 0 Å². The minimum absolute atomic E-state index is 0.101. The second kappa shape index (κ2) is 7.73. The summed E-state index contributed by atoms with van der Waals surface area (Å²) >= 11 is 6.72. The number of carbonyl (C=O) groups excluding carboxylic acids is 1. The first-order chi connectivity index (χ1) is 10.1. The molecule has 2 N–H and O–H groups in total. The second-order valence-electron chi connectivity index (χ2n) is 4.70. The molecule has 5 heteroatoms. The molecule has 0 unspecified atom stereocenters. The predicted molar refractivity (Wildman–Crippen MR) is 90.3 cm³/mol. The van der Waals surface area contributed by atoms with Gasteiger partial charge in [0, 0.05) is 14.5 Å². The molecule has 0 radical (unpaired) electrons. The number of nitrogens with one attached hydrogen (secondary N) is 1. The molecule has 1 atom stereocenters. The molecule has 0 aliphatic carbocycles. The van der Waals surface area contributed by atoms with Gasteiger partial charge in [-0.1, -0.05) is 62.2 Å². The molecule has 21 heavy (non-hydrogen) atoms. The van der Waals surface area contributed by atoms with Gasteiger partial charge in [-0.15, -0.1) is 0 Å². The Morgan fingerprint density at radius 2 is 1.71 bits per heavy atom. The van der Waals surface area contributed by atoms with Gasteiger partial charge in [0.05, 0.1) is 12.6 Å². The van der Waals surface area contributed by atoms with E-state index in [9.17, 15) is 9.90 Å². The van der Waals surface area contributed by atoms with Gasteiger partial charge in [0.25, 0.3) is 5.91 Å². The zero-order valence-corrected chi connectivity index (χ0v) is 14.4. The van der Waals surface area contributed by atoms with Gasteiger partial charge in [-0.05, 0) is 30.2 Å². The quantitative estimate of drug-likeness (QED) is 0.788. The number of amides is 1. The predicted octanol–water partition coefficient (Wildman–Crippen LogP) is 3.55. The van der Waals surface area contributed by atoms with Crippen molar-refractivity contribution in [1.29, 1.82) is 0 Å². The van der Waals surface area contributed by atoms with Gasteiger partial charge < -0.3 is 10.4 Å². The van der Waals surface area contributed by atoms with E-state index in [-0.39, 0.29) is 18.6 Å². The Morgan fingerprint density at radius 1 is 1.10 bits per heavy atom. The Balaban J connectivity index is 2.05. The minimum atomic E-state index is -0.308. The Kier molecular flexibility index (Phi) is 5.96. The van der Waals surface area contributed by atoms with Crippen LogP contribution in [0, 0.1) is 0 Å². The van der Waals surface area contributed by atoms with Crippen molar-refractivity contribution < 1.29 is 9.90 Å². The molecule has 0 bridgehead atoms. The van der Waals surface area contributed by atoms with Crippen LogP contribution in [0.1, 0.15) is 15.9 Å². The Morgan fingerprint density at radius 3 is 2.29 bits per heavy atom. The highest BCUT2D eigenvalue weighted by atomic mass is 79.9. The van der Waals surface area contributed by atoms with E-state index in [0.717, 1.165) is 14.5 Å². The van der Waals surface area contributed by atoms with E-state index in [4.69, 9.17) is 0 Å². The first-order valence-corrected chi connectivity index (χ1v) is 8.09. The summed E-state index contributed by atoms with van der Waals surface area (Å²) in [4.78, 5) is 12.2. The zero-order chi connectivity index (χ0) is 15.2. The number of halogens is 2. The van der Waals surface area contributed by atoms with Gasteiger partial charge in [0.15, 0.2) is 0 Å². The van der Waals surface area contributed by atoms with E-state index in [1.165, 1.54) is 0 Å². The molecule has 110 valence electrons. The summed E-state index contributed by atoms with van der Waals surface area (Å²) in [5.41, 5.74) is 1.62. The van der Waals surface area contributed by atoms with Crippen molar-refractivity contribution >= 4 is 37.8 Å². The lowest BCUT2D eigenvalue weighted by Gasteiger charge is -2.16. The van der Waals surface area contributed by atoms with Crippen LogP contribution in [-0.2, 0) is 6.42 Å². The molecular formula is C16H15Br2NO2. The average Bonchev–Trinajstić information content (AvgIpc) is 2.46. The summed E-state index contributed by atoms with van der Waals surface area (Å²) in [7, 11) is 0. The standard InChI is InChI=1S/C16H15Br2NO2/c17-13-7-12(8-14(18)9-13)16(21)19-15(10-20)6-11-4-2-1-3-5-11/h1-5,7-9,15,20H,6,10H2,(H,19,21)/t15-/m1/s1. The number of hydrogen-bond donors (Lipinski definition) is 2. The van der Waals surface area contributed by atoms with E-state index in [1.807, 2.05) is 36.4 Å². The van der Waals surface area contributed by atoms with Crippen molar-refractivity contribution in [2.24, 2.45) is 0 Å². The van der Waals surface area contributed by atoms with Crippen molar-refractivity contribution in [1.82, 2.24) is 5.32 Å². The summed E-state index contributed by atoms with van der Waals surface area (Å²) < 4.78 is 1.65. The summed E-state index contributed by atoms with van der Waals surface area (Å²) in [6.07, 6.45) is 0.595. The SMILES string of the molecule is O=C(N[C@@H](CO)Cc1ccccc1)c1cc(Br)cc(Br)c1. The molecule has 0 spiro atoms. The minimum Gasteiger partial charge on any atom is -0.394 e. The lowest BCUT2D eigenvalue weighted by Crippen LogP contribution is -2.39. The van der Waals surface area contributed by atoms with Crippen LogP contribution in [0.5, 0.6) is 0 Å². The summed E-state index contributed by atoms with van der Waals surface area (Å²) in [5.74, 6) is -0.202. The van der Waals surface area contributed by atoms with E-state index >= 15 is 0 Å². The molecule has 0 heterocycles. The maximum atomic E-state index is 12.2. The van der Waals surface area contributed by atoms with Crippen LogP contribution in [0.2, 0.25) is 0 Å². The third kappa shape index (κ3) is 4.95. The van der Waals surface area contributed by atoms with Gasteiger partial charge in [-0.2, -0.15) is 0 Å². The van der Waals surface area contributed by atoms with Gasteiger partial charge in [-0.3, -0.25) is 4.79 Å². The van der Waals surface area contributed by atoms with Crippen molar-refractivity contribution in [2.75, 3.05) is 6.61 Å². The summed E-state index contributed by atoms with van der Waals surface area (Å²) in [6.45, 7) is -0.101. The number of carbonyl (C=O) groups is 1. The lowest BCUT2D eigenvalue weighted by atomic mass is 10.1. The van der Waals surface area contributed by atoms with Crippen molar-refractivity contribution in [3.05, 3.63) is 68.6 Å². The highest BCUT2D eigenvalue weighted by molar-refractivity contribution is 9.11. The van der Waals surface area contributed by atoms with Gasteiger partial charge in [-0.25, -0.2) is 0 Å². The molecule has 1 amide bonds. The fraction of sp³-hybridized carbons (Fsp3) is 0.188. The fourth-order valence-corrected chi connectivity index (χ4v) is 3.31. The smallest absolute Gasteiger partial charge is 0.251 e. The van der Waals surface area contributed by atoms with Gasteiger partial charge in [0.2, 0.25) is 0 Å². The maximum Gasteiger partial charge on any atom is 0.251 e. The van der Waals surface area contributed by atoms with Crippen LogP contribution in [0.25, 0.3) is 0 Å². The van der Waals surface area contributed by atoms with E-state index in [1.54, 1.807) is 12.1 Å². The monoisotopic (exact) mass is 411 g/mol. The van der Waals surface area contributed by atoms with Gasteiger partial charge >= 0.3 is 0 Å². The highest BCUT2D eigenvalue weighted by Gasteiger charge is 2.14. The van der Waals surface area contributed by atoms with Crippen LogP contribution in [-0.4, -0.2) is 23.7 Å². The maximum absolute atomic E-state index is 12.2. The molecule has 0 saturated carbocycles. The molecule has 3 nitrogen and oxygen atoms in total. The molecule has 2 rings (SSSR count). The topological polar surface area (TPSA) is 49.3 Å². The second-order valence-corrected chi connectivity index (χ2v) is 6.53. The lowest BCUT2D eigenvalue weighted by molar-refractivity contribution is 0.0916. The molecule has 0 aliphatic heterocycles. The van der Waals surface area contributed by atoms with Crippen LogP contribution < -0.4 is 5.32 Å². The van der Waals surface area contributed by atoms with Crippen LogP contribution in [0.3, 0.4) is 0 Å². The zero-order valence-electron chi connectivity index (χ0n) is 11.2. The molecule has 0 saturated heterocycles. The molecule has 0 aliphatic rings. The average molecular weight is 413 g/mol. The molecule has 2 aromatic rings. The van der Waals surface area contributed by atoms with E-state index in [2.05, 4.69) is 37.2 Å². The van der Waals surface area contributed by atoms with Crippen LogP contribution in [0.15, 0.2) is 57.5 Å². The van der Waals surface area contributed by atoms with Crippen molar-refractivity contribution in [3.8, 4) is 0 Å². The largest absolute Gasteiger partial charge is 0.394 e. The number of aliphatic hydroxyl groups is 1. The summed E-state index contributed by atoms with van der Waals surface area (Å²) in [5, 5.41) is 12.3. The van der Waals surface area contributed by atoms with Crippen LogP contribution in [0.4, 0.5) is 0 Å². The molecule has 2 aromatic carbocycles. The number of aliphatic hydroxyl groups excluding tert-OH is 1. The van der Waals surface area contributed by atoms with Crippen molar-refractivity contribution in [3.63, 3.8) is 0 Å². The fourth-order valence-electron chi connectivity index (χ4n) is 2.01. The third-order valence-corrected chi connectivity index (χ3v) is 3.92. The summed E-state index contributed by atoms with van der Waals surface area (Å²) in [6, 6.07) is 14.8. The Hall–Kier alpha value is -1.17. The van der Waals surface area contributed by atoms with E-state index < -0.39 is 0 Å². The van der Waals surface area contributed by atoms with Crippen LogP contribution >= 0.6 is 31.9 Å². The number of benzene rings is 2. The third-order valence-electron chi connectivity index (χ3n) is 3.01. The molecular weight excluding hydrogens is 398 g/mol. The number of hydrogen-bond acceptors (Lipinski definition) is 2. The molecule has 0 aromatic heterocycles. The number of rotatable bonds is 5. The first-order valence-electron chi connectivity index (χ1n) is 6.50.